The quantitative estimate of drug-likeness (QED) is 0.0942. The normalized spacial score (nSPS) is 11.2. The summed E-state index contributed by atoms with van der Waals surface area (Å²) in [5.74, 6) is -12.8. The zero-order chi connectivity index (χ0) is 26.5. The number of aryl methyl sites for hydroxylation is 1. The zero-order valence-corrected chi connectivity index (χ0v) is 20.4. The van der Waals surface area contributed by atoms with Gasteiger partial charge in [-0.2, -0.15) is 0 Å². The van der Waals surface area contributed by atoms with Gasteiger partial charge in [0.05, 0.1) is 10.9 Å². The topological polar surface area (TPSA) is 57.2 Å². The van der Waals surface area contributed by atoms with Crippen LogP contribution < -0.4 is 0 Å². The molecule has 4 aromatic rings. The molecule has 0 spiro atoms. The van der Waals surface area contributed by atoms with Crippen molar-refractivity contribution in [3.63, 3.8) is 0 Å². The highest BCUT2D eigenvalue weighted by molar-refractivity contribution is 7.97. The van der Waals surface area contributed by atoms with Gasteiger partial charge >= 0.3 is 0 Å². The molecule has 0 saturated heterocycles. The van der Waals surface area contributed by atoms with E-state index in [1.54, 1.807) is 0 Å². The Bertz CT molecular complexity index is 1360. The summed E-state index contributed by atoms with van der Waals surface area (Å²) >= 11 is 0. The predicted octanol–water partition coefficient (Wildman–Crippen LogP) is 6.63. The summed E-state index contributed by atoms with van der Waals surface area (Å²) in [5.41, 5.74) is 1.39. The van der Waals surface area contributed by atoms with Crippen LogP contribution in [-0.2, 0) is 27.4 Å². The Hall–Kier alpha value is -3.21. The maximum Gasteiger partial charge on any atom is 0.200 e. The van der Waals surface area contributed by atoms with Gasteiger partial charge in [-0.25, -0.2) is 30.4 Å². The summed E-state index contributed by atoms with van der Waals surface area (Å²) in [7, 11) is -5.80. The molecule has 0 aliphatic rings. The second-order valence-corrected chi connectivity index (χ2v) is 10.6. The van der Waals surface area contributed by atoms with Crippen molar-refractivity contribution >= 4 is 21.0 Å². The first-order valence-electron chi connectivity index (χ1n) is 10.5. The average Bonchev–Trinajstić information content (AvgIpc) is 2.88. The third-order valence-electron chi connectivity index (χ3n) is 4.94. The van der Waals surface area contributed by atoms with Crippen molar-refractivity contribution in [3.8, 4) is 0 Å². The minimum Gasteiger partial charge on any atom is -0.744 e. The third-order valence-corrected chi connectivity index (χ3v) is 8.03. The highest BCUT2D eigenvalue weighted by atomic mass is 32.2. The molecule has 3 nitrogen and oxygen atoms in total. The minimum absolute atomic E-state index is 0.0249. The van der Waals surface area contributed by atoms with E-state index in [1.165, 1.54) is 20.2 Å². The van der Waals surface area contributed by atoms with Crippen molar-refractivity contribution in [1.82, 2.24) is 0 Å². The van der Waals surface area contributed by atoms with Crippen molar-refractivity contribution in [3.05, 3.63) is 120 Å². The van der Waals surface area contributed by atoms with Crippen molar-refractivity contribution < 1.29 is 34.9 Å². The molecular formula is C26H19F5O3S2. The monoisotopic (exact) mass is 538 g/mol. The van der Waals surface area contributed by atoms with Crippen LogP contribution in [0.5, 0.6) is 0 Å². The number of halogens is 5. The van der Waals surface area contributed by atoms with Gasteiger partial charge in [-0.05, 0) is 48.4 Å². The van der Waals surface area contributed by atoms with E-state index in [0.29, 0.717) is 0 Å². The van der Waals surface area contributed by atoms with Crippen LogP contribution in [0.15, 0.2) is 105 Å². The van der Waals surface area contributed by atoms with Crippen LogP contribution in [0, 0.1) is 29.1 Å². The van der Waals surface area contributed by atoms with Crippen LogP contribution in [0.25, 0.3) is 0 Å². The fourth-order valence-electron chi connectivity index (χ4n) is 3.19. The van der Waals surface area contributed by atoms with Gasteiger partial charge in [0.1, 0.15) is 15.0 Å². The molecule has 188 valence electrons. The Labute approximate surface area is 208 Å². The Morgan fingerprint density at radius 3 is 1.33 bits per heavy atom. The largest absolute Gasteiger partial charge is 0.744 e. The molecule has 10 heteroatoms. The second kappa shape index (κ2) is 11.7. The van der Waals surface area contributed by atoms with Crippen LogP contribution in [0.2, 0.25) is 0 Å². The lowest BCUT2D eigenvalue weighted by Crippen LogP contribution is -2.12. The Kier molecular flexibility index (Phi) is 8.89. The van der Waals surface area contributed by atoms with Crippen molar-refractivity contribution in [2.45, 2.75) is 32.9 Å². The van der Waals surface area contributed by atoms with Crippen molar-refractivity contribution in [2.24, 2.45) is 0 Å². The number of hydrogen-bond acceptors (Lipinski definition) is 3. The molecule has 4 aromatic carbocycles. The minimum atomic E-state index is -5.77. The molecule has 0 aliphatic heterocycles. The second-order valence-electron chi connectivity index (χ2n) is 7.28. The summed E-state index contributed by atoms with van der Waals surface area (Å²) in [5, 5.41) is 0. The van der Waals surface area contributed by atoms with E-state index in [2.05, 4.69) is 91.9 Å². The summed E-state index contributed by atoms with van der Waals surface area (Å²) in [6.07, 6.45) is 1.09. The highest BCUT2D eigenvalue weighted by Gasteiger charge is 2.29. The van der Waals surface area contributed by atoms with Crippen molar-refractivity contribution in [1.29, 1.82) is 0 Å². The van der Waals surface area contributed by atoms with Gasteiger partial charge in [0.15, 0.2) is 38.0 Å². The average molecular weight is 539 g/mol. The van der Waals surface area contributed by atoms with Gasteiger partial charge in [-0.1, -0.05) is 55.5 Å². The molecule has 0 bridgehead atoms. The molecule has 0 radical (unpaired) electrons. The summed E-state index contributed by atoms with van der Waals surface area (Å²) in [4.78, 5) is 1.74. The smallest absolute Gasteiger partial charge is 0.200 e. The number of benzene rings is 4. The summed E-state index contributed by atoms with van der Waals surface area (Å²) < 4.78 is 92.9. The van der Waals surface area contributed by atoms with E-state index in [9.17, 15) is 34.9 Å². The summed E-state index contributed by atoms with van der Waals surface area (Å²) in [6, 6.07) is 30.6. The molecule has 0 saturated carbocycles. The lowest BCUT2D eigenvalue weighted by Gasteiger charge is -2.10. The molecule has 0 fully saturated rings. The van der Waals surface area contributed by atoms with Crippen LogP contribution in [0.4, 0.5) is 22.0 Å². The van der Waals surface area contributed by atoms with E-state index in [0.717, 1.165) is 6.42 Å². The van der Waals surface area contributed by atoms with Gasteiger partial charge in [-0.15, -0.1) is 0 Å². The molecule has 0 heterocycles. The predicted molar refractivity (Wildman–Crippen MR) is 125 cm³/mol. The maximum atomic E-state index is 12.6. The van der Waals surface area contributed by atoms with Gasteiger partial charge in [-0.3, -0.25) is 0 Å². The first kappa shape index (κ1) is 27.4. The molecule has 0 atom stereocenters. The Balaban J connectivity index is 0.000000214. The van der Waals surface area contributed by atoms with E-state index in [1.807, 2.05) is 0 Å². The van der Waals surface area contributed by atoms with Crippen LogP contribution in [0.3, 0.4) is 0 Å². The van der Waals surface area contributed by atoms with E-state index in [4.69, 9.17) is 0 Å². The number of hydrogen-bond donors (Lipinski definition) is 0. The molecule has 0 N–H and O–H groups in total. The Morgan fingerprint density at radius 2 is 0.972 bits per heavy atom. The van der Waals surface area contributed by atoms with E-state index >= 15 is 0 Å². The van der Waals surface area contributed by atoms with Crippen molar-refractivity contribution in [2.75, 3.05) is 0 Å². The van der Waals surface area contributed by atoms with Gasteiger partial charge in [0, 0.05) is 0 Å². The van der Waals surface area contributed by atoms with Gasteiger partial charge in [0.25, 0.3) is 0 Å². The van der Waals surface area contributed by atoms with Crippen LogP contribution in [-0.4, -0.2) is 13.0 Å². The lowest BCUT2D eigenvalue weighted by molar-refractivity contribution is 0.350. The molecule has 0 amide bonds. The SMILES string of the molecule is CCc1ccc([S+](c2ccccc2)c2ccccc2)cc1.O=S(=O)([O-])c1c(F)c(F)c(F)c(F)c1F. The molecule has 36 heavy (non-hydrogen) atoms. The maximum absolute atomic E-state index is 12.6. The first-order chi connectivity index (χ1) is 17.1. The van der Waals surface area contributed by atoms with Gasteiger partial charge in [0.2, 0.25) is 5.82 Å². The molecule has 0 unspecified atom stereocenters. The fraction of sp³-hybridized carbons (Fsp3) is 0.0769. The molecule has 0 aromatic heterocycles. The third kappa shape index (κ3) is 6.13. The molecular weight excluding hydrogens is 519 g/mol. The standard InChI is InChI=1S/C20H19S.C6HF5O3S/c1-2-17-13-15-20(16-14-17)21(18-9-5-3-6-10-18)19-11-7-4-8-12-19;7-1-2(8)4(10)6(15(12,13)14)5(11)3(1)9/h3-16H,2H2,1H3;(H,12,13,14)/q+1;/p-1. The van der Waals surface area contributed by atoms with E-state index < -0.39 is 44.1 Å². The van der Waals surface area contributed by atoms with Crippen LogP contribution >= 0.6 is 0 Å². The fourth-order valence-corrected chi connectivity index (χ4v) is 5.89. The highest BCUT2D eigenvalue weighted by Crippen LogP contribution is 2.31. The van der Waals surface area contributed by atoms with Crippen LogP contribution in [0.1, 0.15) is 12.5 Å². The van der Waals surface area contributed by atoms with E-state index in [-0.39, 0.29) is 10.9 Å². The lowest BCUT2D eigenvalue weighted by atomic mass is 10.2. The number of rotatable bonds is 5. The summed E-state index contributed by atoms with van der Waals surface area (Å²) in [6.45, 7) is 2.20. The first-order valence-corrected chi connectivity index (χ1v) is 13.1. The zero-order valence-electron chi connectivity index (χ0n) is 18.7. The molecule has 4 rings (SSSR count). The van der Waals surface area contributed by atoms with Gasteiger partial charge < -0.3 is 4.55 Å². The molecule has 0 aliphatic carbocycles. The Morgan fingerprint density at radius 1 is 0.611 bits per heavy atom.